The number of nitrogens with zero attached hydrogens (tertiary/aromatic N) is 1. The predicted octanol–water partition coefficient (Wildman–Crippen LogP) is 7.41. The van der Waals surface area contributed by atoms with Crippen molar-refractivity contribution in [2.75, 3.05) is 6.61 Å². The van der Waals surface area contributed by atoms with Crippen molar-refractivity contribution in [1.82, 2.24) is 5.43 Å². The van der Waals surface area contributed by atoms with Crippen molar-refractivity contribution in [2.24, 2.45) is 5.10 Å². The fraction of sp³-hybridized carbons (Fsp3) is 0.250. The van der Waals surface area contributed by atoms with Crippen LogP contribution >= 0.6 is 22.6 Å². The Kier molecular flexibility index (Phi) is 9.05. The Labute approximate surface area is 238 Å². The highest BCUT2D eigenvalue weighted by Gasteiger charge is 2.14. The summed E-state index contributed by atoms with van der Waals surface area (Å²) in [5, 5.41) is 6.53. The summed E-state index contributed by atoms with van der Waals surface area (Å²) in [6.07, 6.45) is 1.89. The molecule has 0 spiro atoms. The molecule has 0 aliphatic carbocycles. The zero-order chi connectivity index (χ0) is 27.1. The molecule has 4 aromatic carbocycles. The SMILES string of the molecule is CCOc1cc(/C=N\NC(=O)Cc2ccc(C(C)(C)C)cc2)cc(I)c1OCc1cccc2ccccc12. The summed E-state index contributed by atoms with van der Waals surface area (Å²) < 4.78 is 13.1. The van der Waals surface area contributed by atoms with Gasteiger partial charge >= 0.3 is 0 Å². The lowest BCUT2D eigenvalue weighted by atomic mass is 9.86. The van der Waals surface area contributed by atoms with E-state index in [0.29, 0.717) is 24.7 Å². The molecule has 0 bridgehead atoms. The summed E-state index contributed by atoms with van der Waals surface area (Å²) in [6.45, 7) is 9.39. The second kappa shape index (κ2) is 12.4. The lowest BCUT2D eigenvalue weighted by Crippen LogP contribution is -2.20. The van der Waals surface area contributed by atoms with Gasteiger partial charge in [0.1, 0.15) is 6.61 Å². The van der Waals surface area contributed by atoms with Crippen molar-refractivity contribution in [3.05, 3.63) is 105 Å². The molecule has 196 valence electrons. The molecule has 0 saturated carbocycles. The Hall–Kier alpha value is -3.39. The lowest BCUT2D eigenvalue weighted by Gasteiger charge is -2.19. The number of hydrazone groups is 1. The number of ether oxygens (including phenoxy) is 2. The summed E-state index contributed by atoms with van der Waals surface area (Å²) in [6, 6.07) is 26.5. The van der Waals surface area contributed by atoms with Gasteiger partial charge in [-0.15, -0.1) is 0 Å². The van der Waals surface area contributed by atoms with Gasteiger partial charge in [0.05, 0.1) is 22.8 Å². The van der Waals surface area contributed by atoms with Crippen LogP contribution in [0.15, 0.2) is 84.0 Å². The van der Waals surface area contributed by atoms with Crippen LogP contribution in [-0.4, -0.2) is 18.7 Å². The van der Waals surface area contributed by atoms with Crippen molar-refractivity contribution in [3.8, 4) is 11.5 Å². The van der Waals surface area contributed by atoms with Crippen LogP contribution in [0.5, 0.6) is 11.5 Å². The first-order valence-electron chi connectivity index (χ1n) is 12.7. The highest BCUT2D eigenvalue weighted by Crippen LogP contribution is 2.35. The lowest BCUT2D eigenvalue weighted by molar-refractivity contribution is -0.120. The number of carbonyl (C=O) groups is 1. The van der Waals surface area contributed by atoms with Gasteiger partial charge in [-0.05, 0) is 80.1 Å². The summed E-state index contributed by atoms with van der Waals surface area (Å²) in [4.78, 5) is 12.4. The average Bonchev–Trinajstić information content (AvgIpc) is 2.88. The molecule has 38 heavy (non-hydrogen) atoms. The van der Waals surface area contributed by atoms with Crippen LogP contribution < -0.4 is 14.9 Å². The maximum atomic E-state index is 12.4. The molecular weight excluding hydrogens is 587 g/mol. The molecule has 0 atom stereocenters. The number of hydrogen-bond acceptors (Lipinski definition) is 4. The summed E-state index contributed by atoms with van der Waals surface area (Å²) in [5.41, 5.74) is 6.83. The van der Waals surface area contributed by atoms with E-state index in [9.17, 15) is 4.79 Å². The van der Waals surface area contributed by atoms with Gasteiger partial charge in [0.15, 0.2) is 11.5 Å². The van der Waals surface area contributed by atoms with Crippen molar-refractivity contribution < 1.29 is 14.3 Å². The first-order valence-corrected chi connectivity index (χ1v) is 13.8. The van der Waals surface area contributed by atoms with Gasteiger partial charge < -0.3 is 9.47 Å². The van der Waals surface area contributed by atoms with E-state index in [1.54, 1.807) is 6.21 Å². The summed E-state index contributed by atoms with van der Waals surface area (Å²) in [5.74, 6) is 1.17. The first kappa shape index (κ1) is 27.6. The summed E-state index contributed by atoms with van der Waals surface area (Å²) in [7, 11) is 0. The smallest absolute Gasteiger partial charge is 0.244 e. The van der Waals surface area contributed by atoms with E-state index in [4.69, 9.17) is 9.47 Å². The third-order valence-electron chi connectivity index (χ3n) is 6.17. The molecule has 0 aromatic heterocycles. The zero-order valence-electron chi connectivity index (χ0n) is 22.3. The topological polar surface area (TPSA) is 59.9 Å². The third kappa shape index (κ3) is 7.13. The van der Waals surface area contributed by atoms with Crippen LogP contribution in [-0.2, 0) is 23.2 Å². The summed E-state index contributed by atoms with van der Waals surface area (Å²) >= 11 is 2.25. The second-order valence-electron chi connectivity index (χ2n) is 10.1. The van der Waals surface area contributed by atoms with E-state index in [1.807, 2.05) is 49.4 Å². The van der Waals surface area contributed by atoms with Gasteiger partial charge in [-0.3, -0.25) is 4.79 Å². The minimum atomic E-state index is -0.167. The van der Waals surface area contributed by atoms with Crippen molar-refractivity contribution in [3.63, 3.8) is 0 Å². The maximum absolute atomic E-state index is 12.4. The predicted molar refractivity (Wildman–Crippen MR) is 163 cm³/mol. The van der Waals surface area contributed by atoms with Crippen molar-refractivity contribution >= 4 is 45.5 Å². The normalized spacial score (nSPS) is 11.6. The second-order valence-corrected chi connectivity index (χ2v) is 11.3. The van der Waals surface area contributed by atoms with Gasteiger partial charge in [0.2, 0.25) is 5.91 Å². The monoisotopic (exact) mass is 620 g/mol. The number of fused-ring (bicyclic) bond motifs is 1. The molecule has 0 saturated heterocycles. The average molecular weight is 621 g/mol. The molecule has 1 N–H and O–H groups in total. The van der Waals surface area contributed by atoms with Crippen molar-refractivity contribution in [1.29, 1.82) is 0 Å². The van der Waals surface area contributed by atoms with E-state index >= 15 is 0 Å². The molecule has 4 aromatic rings. The molecule has 6 heteroatoms. The van der Waals surface area contributed by atoms with Gasteiger partial charge in [-0.1, -0.05) is 87.5 Å². The Balaban J connectivity index is 1.42. The molecular formula is C32H33IN2O3. The standard InChI is InChI=1S/C32H33IN2O3/c1-5-37-29-18-23(20-34-35-30(36)19-22-13-15-26(16-14-22)32(2,3)4)17-28(33)31(29)38-21-25-11-8-10-24-9-6-7-12-27(24)25/h6-18,20H,5,19,21H2,1-4H3,(H,35,36)/b34-20-. The number of halogens is 1. The molecule has 0 aliphatic rings. The zero-order valence-corrected chi connectivity index (χ0v) is 24.4. The van der Waals surface area contributed by atoms with Crippen LogP contribution in [0.25, 0.3) is 10.8 Å². The van der Waals surface area contributed by atoms with Gasteiger partial charge in [-0.25, -0.2) is 5.43 Å². The van der Waals surface area contributed by atoms with Crippen LogP contribution in [0.3, 0.4) is 0 Å². The van der Waals surface area contributed by atoms with E-state index in [0.717, 1.165) is 20.3 Å². The maximum Gasteiger partial charge on any atom is 0.244 e. The Morgan fingerprint density at radius 3 is 2.45 bits per heavy atom. The first-order chi connectivity index (χ1) is 18.2. The number of nitrogens with one attached hydrogen (secondary N) is 1. The van der Waals surface area contributed by atoms with Gasteiger partial charge in [0, 0.05) is 0 Å². The molecule has 1 amide bonds. The molecule has 0 radical (unpaired) electrons. The number of carbonyl (C=O) groups excluding carboxylic acids is 1. The fourth-order valence-corrected chi connectivity index (χ4v) is 4.94. The molecule has 0 unspecified atom stereocenters. The molecule has 5 nitrogen and oxygen atoms in total. The third-order valence-corrected chi connectivity index (χ3v) is 6.97. The van der Waals surface area contributed by atoms with Crippen molar-refractivity contribution in [2.45, 2.75) is 46.1 Å². The number of amides is 1. The van der Waals surface area contributed by atoms with Crippen LogP contribution in [0.2, 0.25) is 0 Å². The van der Waals surface area contributed by atoms with Gasteiger partial charge in [0.25, 0.3) is 0 Å². The molecule has 0 aliphatic heterocycles. The largest absolute Gasteiger partial charge is 0.490 e. The molecule has 0 fully saturated rings. The van der Waals surface area contributed by atoms with Gasteiger partial charge in [-0.2, -0.15) is 5.10 Å². The number of hydrogen-bond donors (Lipinski definition) is 1. The highest BCUT2D eigenvalue weighted by molar-refractivity contribution is 14.1. The highest BCUT2D eigenvalue weighted by atomic mass is 127. The van der Waals surface area contributed by atoms with E-state index in [2.05, 4.69) is 90.3 Å². The number of rotatable bonds is 9. The fourth-order valence-electron chi connectivity index (χ4n) is 4.16. The molecule has 0 heterocycles. The van der Waals surface area contributed by atoms with Crippen LogP contribution in [0.4, 0.5) is 0 Å². The van der Waals surface area contributed by atoms with E-state index < -0.39 is 0 Å². The van der Waals surface area contributed by atoms with Crippen LogP contribution in [0.1, 0.15) is 49.9 Å². The minimum Gasteiger partial charge on any atom is -0.490 e. The minimum absolute atomic E-state index is 0.0828. The quantitative estimate of drug-likeness (QED) is 0.120. The Morgan fingerprint density at radius 1 is 0.974 bits per heavy atom. The number of benzene rings is 4. The Bertz CT molecular complexity index is 1430. The molecule has 4 rings (SSSR count). The van der Waals surface area contributed by atoms with E-state index in [1.165, 1.54) is 16.3 Å². The van der Waals surface area contributed by atoms with E-state index in [-0.39, 0.29) is 17.7 Å². The Morgan fingerprint density at radius 2 is 1.71 bits per heavy atom. The van der Waals surface area contributed by atoms with Crippen LogP contribution in [0, 0.1) is 3.57 Å².